The zero-order chi connectivity index (χ0) is 25.4. The first kappa shape index (κ1) is 23.7. The van der Waals surface area contributed by atoms with Gasteiger partial charge in [-0.1, -0.05) is 5.92 Å². The Balaban J connectivity index is 1.41. The summed E-state index contributed by atoms with van der Waals surface area (Å²) in [6.07, 6.45) is 0.357. The van der Waals surface area contributed by atoms with Crippen LogP contribution in [0, 0.1) is 11.8 Å². The molecule has 1 aliphatic carbocycles. The highest BCUT2D eigenvalue weighted by atomic mass is 16.6. The van der Waals surface area contributed by atoms with E-state index in [-0.39, 0.29) is 47.1 Å². The molecule has 1 saturated heterocycles. The number of likely N-dealkylation sites (N-methyl/N-ethyl adjacent to an activating group) is 1. The maximum absolute atomic E-state index is 12.8. The van der Waals surface area contributed by atoms with Gasteiger partial charge < -0.3 is 35.3 Å². The number of furan rings is 1. The Morgan fingerprint density at radius 1 is 1.31 bits per heavy atom. The average Bonchev–Trinajstić information content (AvgIpc) is 3.57. The molecular formula is C23H25N7O6. The minimum Gasteiger partial charge on any atom is -0.459 e. The van der Waals surface area contributed by atoms with E-state index in [4.69, 9.17) is 14.9 Å². The zero-order valence-electron chi connectivity index (χ0n) is 19.4. The molecule has 0 spiro atoms. The molecule has 5 N–H and O–H groups in total. The molecule has 0 radical (unpaired) electrons. The highest BCUT2D eigenvalue weighted by Gasteiger charge is 2.47. The molecule has 13 heteroatoms. The van der Waals surface area contributed by atoms with E-state index in [1.165, 1.54) is 24.2 Å². The Morgan fingerprint density at radius 3 is 2.78 bits per heavy atom. The molecule has 0 bridgehead atoms. The molecule has 36 heavy (non-hydrogen) atoms. The first-order chi connectivity index (χ1) is 17.4. The number of aromatic nitrogens is 4. The second kappa shape index (κ2) is 9.57. The van der Waals surface area contributed by atoms with Crippen molar-refractivity contribution >= 4 is 28.8 Å². The van der Waals surface area contributed by atoms with Crippen molar-refractivity contribution in [2.75, 3.05) is 19.3 Å². The van der Waals surface area contributed by atoms with Crippen LogP contribution in [0.1, 0.15) is 41.9 Å². The number of nitrogen functional groups attached to an aromatic ring is 1. The maximum atomic E-state index is 12.8. The number of hydrogen-bond donors (Lipinski definition) is 4. The van der Waals surface area contributed by atoms with Crippen LogP contribution < -0.4 is 11.1 Å². The molecule has 2 amide bonds. The predicted molar refractivity (Wildman–Crippen MR) is 124 cm³/mol. The number of carbonyl (C=O) groups excluding carboxylic acids is 2. The summed E-state index contributed by atoms with van der Waals surface area (Å²) in [5.74, 6) is 5.36. The summed E-state index contributed by atoms with van der Waals surface area (Å²) in [7, 11) is 1.40. The second-order valence-electron chi connectivity index (χ2n) is 8.60. The van der Waals surface area contributed by atoms with E-state index in [1.54, 1.807) is 17.0 Å². The van der Waals surface area contributed by atoms with Crippen LogP contribution in [0.25, 0.3) is 11.2 Å². The van der Waals surface area contributed by atoms with Crippen LogP contribution in [0.3, 0.4) is 0 Å². The van der Waals surface area contributed by atoms with Gasteiger partial charge in [0.05, 0.1) is 19.1 Å². The number of aliphatic hydroxyl groups is 2. The van der Waals surface area contributed by atoms with Gasteiger partial charge in [0.1, 0.15) is 17.7 Å². The fraction of sp³-hybridized carbons (Fsp3) is 0.435. The molecule has 3 aromatic rings. The molecule has 3 aromatic heterocycles. The molecule has 1 saturated carbocycles. The number of ether oxygens (including phenoxy) is 1. The summed E-state index contributed by atoms with van der Waals surface area (Å²) < 4.78 is 12.2. The van der Waals surface area contributed by atoms with Crippen LogP contribution in [-0.4, -0.2) is 84.4 Å². The zero-order valence-corrected chi connectivity index (χ0v) is 19.4. The monoisotopic (exact) mass is 495 g/mol. The summed E-state index contributed by atoms with van der Waals surface area (Å²) in [5, 5.41) is 23.2. The fourth-order valence-corrected chi connectivity index (χ4v) is 4.24. The van der Waals surface area contributed by atoms with Gasteiger partial charge in [-0.2, -0.15) is 0 Å². The highest BCUT2D eigenvalue weighted by molar-refractivity contribution is 5.92. The minimum atomic E-state index is -1.45. The van der Waals surface area contributed by atoms with Crippen LogP contribution >= 0.6 is 0 Å². The van der Waals surface area contributed by atoms with Crippen LogP contribution in [0.2, 0.25) is 0 Å². The number of nitrogens with zero attached hydrogens (tertiary/aromatic N) is 5. The van der Waals surface area contributed by atoms with E-state index in [2.05, 4.69) is 32.1 Å². The van der Waals surface area contributed by atoms with Crippen molar-refractivity contribution in [2.24, 2.45) is 0 Å². The predicted octanol–water partition coefficient (Wildman–Crippen LogP) is -0.587. The number of aliphatic hydroxyl groups excluding tert-OH is 2. The molecule has 13 nitrogen and oxygen atoms in total. The number of imidazole rings is 1. The lowest BCUT2D eigenvalue weighted by Gasteiger charge is -2.35. The maximum Gasteiger partial charge on any atom is 0.290 e. The van der Waals surface area contributed by atoms with E-state index < -0.39 is 30.4 Å². The Labute approximate surface area is 205 Å². The van der Waals surface area contributed by atoms with Gasteiger partial charge in [-0.05, 0) is 37.3 Å². The van der Waals surface area contributed by atoms with Crippen LogP contribution in [0.4, 0.5) is 5.82 Å². The third kappa shape index (κ3) is 4.15. The van der Waals surface area contributed by atoms with Gasteiger partial charge in [0.15, 0.2) is 29.6 Å². The van der Waals surface area contributed by atoms with Gasteiger partial charge in [0, 0.05) is 13.1 Å². The van der Waals surface area contributed by atoms with E-state index in [1.807, 2.05) is 0 Å². The van der Waals surface area contributed by atoms with Crippen LogP contribution in [0.5, 0.6) is 0 Å². The van der Waals surface area contributed by atoms with Crippen molar-refractivity contribution in [3.8, 4) is 11.8 Å². The number of hydrogen-bond acceptors (Lipinski definition) is 10. The molecule has 4 heterocycles. The van der Waals surface area contributed by atoms with Crippen LogP contribution in [-0.2, 0) is 9.53 Å². The summed E-state index contributed by atoms with van der Waals surface area (Å²) in [6, 6.07) is 3.37. The molecule has 0 aromatic carbocycles. The third-order valence-corrected chi connectivity index (χ3v) is 6.42. The quantitative estimate of drug-likeness (QED) is 0.334. The van der Waals surface area contributed by atoms with E-state index in [0.29, 0.717) is 0 Å². The van der Waals surface area contributed by atoms with Crippen molar-refractivity contribution in [3.63, 3.8) is 0 Å². The fourth-order valence-electron chi connectivity index (χ4n) is 4.24. The molecule has 1 aliphatic heterocycles. The lowest BCUT2D eigenvalue weighted by molar-refractivity contribution is -0.137. The van der Waals surface area contributed by atoms with Crippen molar-refractivity contribution < 1.29 is 29.0 Å². The van der Waals surface area contributed by atoms with Crippen molar-refractivity contribution in [2.45, 2.75) is 49.8 Å². The molecule has 2 fully saturated rings. The van der Waals surface area contributed by atoms with Crippen molar-refractivity contribution in [1.29, 1.82) is 0 Å². The highest BCUT2D eigenvalue weighted by Crippen LogP contribution is 2.32. The second-order valence-corrected chi connectivity index (χ2v) is 8.60. The molecular weight excluding hydrogens is 470 g/mol. The molecule has 2 aliphatic rings. The van der Waals surface area contributed by atoms with Crippen molar-refractivity contribution in [1.82, 2.24) is 29.7 Å². The normalized spacial score (nSPS) is 23.6. The number of rotatable bonds is 5. The van der Waals surface area contributed by atoms with Gasteiger partial charge in [0.2, 0.25) is 5.82 Å². The van der Waals surface area contributed by atoms with E-state index >= 15 is 0 Å². The van der Waals surface area contributed by atoms with Gasteiger partial charge >= 0.3 is 0 Å². The Bertz CT molecular complexity index is 1340. The number of fused-ring (bicyclic) bond motifs is 1. The van der Waals surface area contributed by atoms with Crippen molar-refractivity contribution in [3.05, 3.63) is 36.3 Å². The van der Waals surface area contributed by atoms with Crippen LogP contribution in [0.15, 0.2) is 29.1 Å². The first-order valence-electron chi connectivity index (χ1n) is 11.5. The average molecular weight is 495 g/mol. The van der Waals surface area contributed by atoms with Gasteiger partial charge in [-0.25, -0.2) is 15.0 Å². The van der Waals surface area contributed by atoms with Gasteiger partial charge in [-0.15, -0.1) is 0 Å². The number of nitrogens with one attached hydrogen (secondary N) is 1. The molecule has 188 valence electrons. The molecule has 5 rings (SSSR count). The van der Waals surface area contributed by atoms with E-state index in [9.17, 15) is 19.8 Å². The lowest BCUT2D eigenvalue weighted by Crippen LogP contribution is -2.44. The number of nitrogens with two attached hydrogens (primary N) is 1. The lowest BCUT2D eigenvalue weighted by atomic mass is 9.91. The summed E-state index contributed by atoms with van der Waals surface area (Å²) in [6.45, 7) is 0.148. The third-order valence-electron chi connectivity index (χ3n) is 6.42. The Morgan fingerprint density at radius 2 is 2.11 bits per heavy atom. The Hall–Kier alpha value is -3.99. The summed E-state index contributed by atoms with van der Waals surface area (Å²) in [4.78, 5) is 39.3. The summed E-state index contributed by atoms with van der Waals surface area (Å²) in [5.41, 5.74) is 6.52. The number of amides is 2. The first-order valence-corrected chi connectivity index (χ1v) is 11.5. The topological polar surface area (TPSA) is 182 Å². The Kier molecular flexibility index (Phi) is 6.31. The smallest absolute Gasteiger partial charge is 0.290 e. The minimum absolute atomic E-state index is 0.0569. The number of carbonyl (C=O) groups is 2. The standard InChI is InChI=1S/C23H25N7O6/c1-25-21(33)18-16(31)17(32)23(36-18)30-11-26-15-19(24)27-14(28-20(15)30)8-3-9-29(12-5-2-6-12)22(34)13-7-4-10-35-13/h4,7,10-12,16-18,23,31-32H,2,5-6,9H2,1H3,(H,25,33)(H2,24,27,28)/t16-,17+,18?,23?/m0/s1. The van der Waals surface area contributed by atoms with E-state index in [0.717, 1.165) is 19.3 Å². The molecule has 4 atom stereocenters. The summed E-state index contributed by atoms with van der Waals surface area (Å²) >= 11 is 0. The van der Waals surface area contributed by atoms with Gasteiger partial charge in [-0.3, -0.25) is 14.2 Å². The SMILES string of the molecule is CNC(=O)C1OC(n2cnc3c(N)nc(C#CCN(C(=O)c4ccco4)C4CCC4)nc32)[C@H](O)[C@@H]1O. The van der Waals surface area contributed by atoms with Gasteiger partial charge in [0.25, 0.3) is 11.8 Å². The number of anilines is 1. The molecule has 2 unspecified atom stereocenters. The largest absolute Gasteiger partial charge is 0.459 e.